The van der Waals surface area contributed by atoms with Gasteiger partial charge in [-0.25, -0.2) is 10.2 Å². The van der Waals surface area contributed by atoms with Crippen molar-refractivity contribution in [3.05, 3.63) is 83.2 Å². The number of hydrogen-bond donors (Lipinski definition) is 2. The van der Waals surface area contributed by atoms with Crippen LogP contribution in [0.1, 0.15) is 41.9 Å². The fraction of sp³-hybridized carbons (Fsp3) is 0.269. The average Bonchev–Trinajstić information content (AvgIpc) is 3.12. The maximum atomic E-state index is 12.6. The number of aryl methyl sites for hydroxylation is 1. The van der Waals surface area contributed by atoms with E-state index in [9.17, 15) is 9.59 Å². The van der Waals surface area contributed by atoms with Crippen molar-refractivity contribution in [3.63, 3.8) is 0 Å². The lowest BCUT2D eigenvalue weighted by Crippen LogP contribution is -2.33. The molecule has 1 atom stereocenters. The average molecular weight is 463 g/mol. The van der Waals surface area contributed by atoms with Gasteiger partial charge in [0.15, 0.2) is 0 Å². The third-order valence-corrected chi connectivity index (χ3v) is 5.35. The molecule has 0 saturated carbocycles. The molecule has 0 saturated heterocycles. The minimum Gasteiger partial charge on any atom is -0.497 e. The minimum absolute atomic E-state index is 0.0189. The zero-order chi connectivity index (χ0) is 24.5. The molecule has 34 heavy (non-hydrogen) atoms. The third-order valence-electron chi connectivity index (χ3n) is 5.35. The highest BCUT2D eigenvalue weighted by atomic mass is 16.5. The number of amides is 2. The summed E-state index contributed by atoms with van der Waals surface area (Å²) < 4.78 is 12.3. The van der Waals surface area contributed by atoms with Crippen LogP contribution < -0.4 is 15.5 Å². The van der Waals surface area contributed by atoms with Gasteiger partial charge in [-0.05, 0) is 56.7 Å². The molecule has 2 aromatic carbocycles. The van der Waals surface area contributed by atoms with Crippen LogP contribution in [0.15, 0.2) is 65.8 Å². The van der Waals surface area contributed by atoms with Crippen LogP contribution in [0.2, 0.25) is 0 Å². The minimum atomic E-state index is -0.571. The molecule has 0 unspecified atom stereocenters. The van der Waals surface area contributed by atoms with Crippen LogP contribution in [0.4, 0.5) is 4.79 Å². The fourth-order valence-electron chi connectivity index (χ4n) is 3.70. The summed E-state index contributed by atoms with van der Waals surface area (Å²) in [6.07, 6.45) is 1.07. The Balaban J connectivity index is 1.68. The molecule has 3 rings (SSSR count). The van der Waals surface area contributed by atoms with Crippen molar-refractivity contribution in [1.82, 2.24) is 15.3 Å². The molecule has 2 amide bonds. The summed E-state index contributed by atoms with van der Waals surface area (Å²) in [7, 11) is 1.64. The van der Waals surface area contributed by atoms with Gasteiger partial charge in [0.05, 0.1) is 32.4 Å². The lowest BCUT2D eigenvalue weighted by atomic mass is 10.0. The highest BCUT2D eigenvalue weighted by Gasteiger charge is 2.19. The Morgan fingerprint density at radius 3 is 2.44 bits per heavy atom. The van der Waals surface area contributed by atoms with Crippen molar-refractivity contribution in [2.45, 2.75) is 33.2 Å². The first-order valence-corrected chi connectivity index (χ1v) is 11.1. The number of carbonyl (C=O) groups excluding carboxylic acids is 2. The number of alkyl carbamates (subject to hydrolysis) is 1. The lowest BCUT2D eigenvalue weighted by Gasteiger charge is -2.18. The Bertz CT molecular complexity index is 1140. The Morgan fingerprint density at radius 1 is 1.09 bits per heavy atom. The van der Waals surface area contributed by atoms with E-state index in [1.807, 2.05) is 74.5 Å². The van der Waals surface area contributed by atoms with E-state index in [0.29, 0.717) is 0 Å². The van der Waals surface area contributed by atoms with Crippen LogP contribution in [0.25, 0.3) is 5.69 Å². The Hall–Kier alpha value is -4.07. The standard InChI is InChI=1S/C26H30N4O4/c1-5-34-26(32)28-24(20-9-7-6-8-10-20)16-25(31)29-27-17-21-15-18(2)30(19(21)3)22-11-13-23(33-4)14-12-22/h6-15,17,24H,5,16H2,1-4H3,(H,28,32)(H,29,31)/b27-17-/t24-/m1/s1. The summed E-state index contributed by atoms with van der Waals surface area (Å²) >= 11 is 0. The molecule has 0 radical (unpaired) electrons. The van der Waals surface area contributed by atoms with Gasteiger partial charge in [0.2, 0.25) is 5.91 Å². The van der Waals surface area contributed by atoms with E-state index in [1.54, 1.807) is 20.2 Å². The van der Waals surface area contributed by atoms with Crippen LogP contribution in [-0.2, 0) is 9.53 Å². The fourth-order valence-corrected chi connectivity index (χ4v) is 3.70. The molecule has 8 heteroatoms. The topological polar surface area (TPSA) is 94.0 Å². The molecular formula is C26H30N4O4. The van der Waals surface area contributed by atoms with Crippen LogP contribution in [-0.4, -0.2) is 36.5 Å². The molecule has 0 aliphatic heterocycles. The third kappa shape index (κ3) is 6.25. The molecule has 1 heterocycles. The number of methoxy groups -OCH3 is 1. The van der Waals surface area contributed by atoms with Crippen molar-refractivity contribution in [2.75, 3.05) is 13.7 Å². The van der Waals surface area contributed by atoms with E-state index in [2.05, 4.69) is 20.4 Å². The van der Waals surface area contributed by atoms with Crippen LogP contribution in [0.5, 0.6) is 5.75 Å². The first-order valence-electron chi connectivity index (χ1n) is 11.1. The Labute approximate surface area is 199 Å². The van der Waals surface area contributed by atoms with Gasteiger partial charge in [0.1, 0.15) is 5.75 Å². The number of aromatic nitrogens is 1. The SMILES string of the molecule is CCOC(=O)N[C@H](CC(=O)N/N=C\c1cc(C)n(-c2ccc(OC)cc2)c1C)c1ccccc1. The first kappa shape index (κ1) is 24.6. The summed E-state index contributed by atoms with van der Waals surface area (Å²) in [5, 5.41) is 6.87. The number of nitrogens with zero attached hydrogens (tertiary/aromatic N) is 2. The molecular weight excluding hydrogens is 432 g/mol. The van der Waals surface area contributed by atoms with Crippen molar-refractivity contribution in [3.8, 4) is 11.4 Å². The highest BCUT2D eigenvalue weighted by Crippen LogP contribution is 2.22. The van der Waals surface area contributed by atoms with E-state index in [4.69, 9.17) is 9.47 Å². The van der Waals surface area contributed by atoms with E-state index in [1.165, 1.54) is 0 Å². The van der Waals surface area contributed by atoms with Crippen molar-refractivity contribution < 1.29 is 19.1 Å². The van der Waals surface area contributed by atoms with Crippen molar-refractivity contribution in [1.29, 1.82) is 0 Å². The monoisotopic (exact) mass is 462 g/mol. The normalized spacial score (nSPS) is 11.8. The molecule has 0 aliphatic rings. The molecule has 1 aromatic heterocycles. The van der Waals surface area contributed by atoms with E-state index >= 15 is 0 Å². The molecule has 8 nitrogen and oxygen atoms in total. The number of carbonyl (C=O) groups is 2. The zero-order valence-electron chi connectivity index (χ0n) is 19.9. The number of benzene rings is 2. The van der Waals surface area contributed by atoms with Crippen molar-refractivity contribution in [2.24, 2.45) is 5.10 Å². The van der Waals surface area contributed by atoms with Gasteiger partial charge >= 0.3 is 6.09 Å². The second kappa shape index (κ2) is 11.7. The van der Waals surface area contributed by atoms with Gasteiger partial charge < -0.3 is 19.4 Å². The summed E-state index contributed by atoms with van der Waals surface area (Å²) in [4.78, 5) is 24.5. The Kier molecular flexibility index (Phi) is 8.45. The van der Waals surface area contributed by atoms with E-state index < -0.39 is 12.1 Å². The summed E-state index contributed by atoms with van der Waals surface area (Å²) in [6, 6.07) is 18.5. The van der Waals surface area contributed by atoms with Gasteiger partial charge in [-0.15, -0.1) is 0 Å². The van der Waals surface area contributed by atoms with Gasteiger partial charge in [-0.1, -0.05) is 30.3 Å². The number of ether oxygens (including phenoxy) is 2. The second-order valence-electron chi connectivity index (χ2n) is 7.69. The number of hydrogen-bond acceptors (Lipinski definition) is 5. The van der Waals surface area contributed by atoms with E-state index in [-0.39, 0.29) is 18.9 Å². The predicted octanol–water partition coefficient (Wildman–Crippen LogP) is 4.43. The molecule has 2 N–H and O–H groups in total. The zero-order valence-corrected chi connectivity index (χ0v) is 19.9. The number of rotatable bonds is 9. The quantitative estimate of drug-likeness (QED) is 0.363. The summed E-state index contributed by atoms with van der Waals surface area (Å²) in [5.41, 5.74) is 7.29. The van der Waals surface area contributed by atoms with Gasteiger partial charge in [0.25, 0.3) is 0 Å². The Morgan fingerprint density at radius 2 is 1.79 bits per heavy atom. The van der Waals surface area contributed by atoms with Crippen LogP contribution in [0.3, 0.4) is 0 Å². The van der Waals surface area contributed by atoms with Gasteiger partial charge in [-0.3, -0.25) is 4.79 Å². The highest BCUT2D eigenvalue weighted by molar-refractivity contribution is 5.84. The van der Waals surface area contributed by atoms with Crippen molar-refractivity contribution >= 4 is 18.2 Å². The summed E-state index contributed by atoms with van der Waals surface area (Å²) in [6.45, 7) is 5.98. The first-order chi connectivity index (χ1) is 16.4. The van der Waals surface area contributed by atoms with Gasteiger partial charge in [0, 0.05) is 22.6 Å². The maximum absolute atomic E-state index is 12.6. The molecule has 0 aliphatic carbocycles. The van der Waals surface area contributed by atoms with E-state index in [0.717, 1.165) is 34.0 Å². The smallest absolute Gasteiger partial charge is 0.407 e. The summed E-state index contributed by atoms with van der Waals surface area (Å²) in [5.74, 6) is 0.466. The number of nitrogens with one attached hydrogen (secondary N) is 2. The maximum Gasteiger partial charge on any atom is 0.407 e. The van der Waals surface area contributed by atoms with Crippen LogP contribution in [0, 0.1) is 13.8 Å². The predicted molar refractivity (Wildman–Crippen MR) is 131 cm³/mol. The molecule has 0 fully saturated rings. The molecule has 3 aromatic rings. The molecule has 178 valence electrons. The second-order valence-corrected chi connectivity index (χ2v) is 7.69. The molecule has 0 bridgehead atoms. The van der Waals surface area contributed by atoms with Crippen LogP contribution >= 0.6 is 0 Å². The molecule has 0 spiro atoms. The lowest BCUT2D eigenvalue weighted by molar-refractivity contribution is -0.121. The number of hydrazone groups is 1. The largest absolute Gasteiger partial charge is 0.497 e. The van der Waals surface area contributed by atoms with Gasteiger partial charge in [-0.2, -0.15) is 5.10 Å².